The van der Waals surface area contributed by atoms with Gasteiger partial charge in [-0.1, -0.05) is 28.1 Å². The number of sulfonamides is 1. The van der Waals surface area contributed by atoms with Crippen LogP contribution in [0, 0.1) is 11.7 Å². The number of benzene rings is 2. The fourth-order valence-electron chi connectivity index (χ4n) is 3.26. The van der Waals surface area contributed by atoms with Crippen LogP contribution in [0.2, 0.25) is 0 Å². The molecule has 0 saturated carbocycles. The quantitative estimate of drug-likeness (QED) is 0.706. The van der Waals surface area contributed by atoms with Gasteiger partial charge in [-0.3, -0.25) is 4.79 Å². The largest absolute Gasteiger partial charge is 0.355 e. The Morgan fingerprint density at radius 2 is 1.82 bits per heavy atom. The van der Waals surface area contributed by atoms with Crippen LogP contribution in [0.1, 0.15) is 18.4 Å². The molecule has 1 heterocycles. The number of hydrogen-bond donors (Lipinski definition) is 1. The van der Waals surface area contributed by atoms with Crippen LogP contribution >= 0.6 is 15.9 Å². The number of nitrogens with one attached hydrogen (secondary N) is 1. The van der Waals surface area contributed by atoms with Crippen LogP contribution in [-0.2, 0) is 21.2 Å². The van der Waals surface area contributed by atoms with E-state index in [1.54, 1.807) is 36.4 Å². The predicted molar refractivity (Wildman–Crippen MR) is 109 cm³/mol. The van der Waals surface area contributed by atoms with Crippen molar-refractivity contribution in [3.05, 3.63) is 64.4 Å². The van der Waals surface area contributed by atoms with Gasteiger partial charge in [0.15, 0.2) is 0 Å². The maximum Gasteiger partial charge on any atom is 0.243 e. The molecule has 1 saturated heterocycles. The summed E-state index contributed by atoms with van der Waals surface area (Å²) in [5, 5.41) is 2.87. The summed E-state index contributed by atoms with van der Waals surface area (Å²) in [4.78, 5) is 12.7. The molecule has 5 nitrogen and oxygen atoms in total. The van der Waals surface area contributed by atoms with E-state index < -0.39 is 10.0 Å². The van der Waals surface area contributed by atoms with Gasteiger partial charge in [-0.25, -0.2) is 12.8 Å². The Balaban J connectivity index is 1.57. The van der Waals surface area contributed by atoms with Crippen molar-refractivity contribution in [1.82, 2.24) is 9.62 Å². The second kappa shape index (κ2) is 9.15. The monoisotopic (exact) mass is 468 g/mol. The molecule has 0 aliphatic carbocycles. The fraction of sp³-hybridized carbons (Fsp3) is 0.350. The van der Waals surface area contributed by atoms with Gasteiger partial charge >= 0.3 is 0 Å². The first-order valence-electron chi connectivity index (χ1n) is 9.14. The molecule has 28 heavy (non-hydrogen) atoms. The first-order chi connectivity index (χ1) is 13.4. The average Bonchev–Trinajstić information content (AvgIpc) is 2.70. The van der Waals surface area contributed by atoms with Crippen LogP contribution in [-0.4, -0.2) is 38.3 Å². The van der Waals surface area contributed by atoms with Crippen LogP contribution < -0.4 is 5.32 Å². The summed E-state index contributed by atoms with van der Waals surface area (Å²) in [6, 6.07) is 12.7. The topological polar surface area (TPSA) is 66.5 Å². The maximum atomic E-state index is 12.9. The van der Waals surface area contributed by atoms with Crippen molar-refractivity contribution in [2.45, 2.75) is 24.2 Å². The standard InChI is InChI=1S/C20H22BrFN2O3S/c21-17-5-9-19(10-6-17)28(26,27)24-13-1-2-16(14-24)20(25)23-12-11-15-3-7-18(22)8-4-15/h3-10,16H,1-2,11-14H2,(H,23,25). The molecule has 1 aliphatic heterocycles. The van der Waals surface area contributed by atoms with E-state index >= 15 is 0 Å². The second-order valence-corrected chi connectivity index (χ2v) is 9.68. The Labute approximate surface area is 173 Å². The zero-order chi connectivity index (χ0) is 20.1. The molecule has 1 amide bonds. The Morgan fingerprint density at radius 3 is 2.50 bits per heavy atom. The summed E-state index contributed by atoms with van der Waals surface area (Å²) in [5.41, 5.74) is 0.935. The Morgan fingerprint density at radius 1 is 1.14 bits per heavy atom. The second-order valence-electron chi connectivity index (χ2n) is 6.82. The lowest BCUT2D eigenvalue weighted by atomic mass is 9.99. The third-order valence-corrected chi connectivity index (χ3v) is 7.24. The first-order valence-corrected chi connectivity index (χ1v) is 11.4. The molecule has 2 aromatic carbocycles. The highest BCUT2D eigenvalue weighted by atomic mass is 79.9. The fourth-order valence-corrected chi connectivity index (χ4v) is 5.04. The SMILES string of the molecule is O=C(NCCc1ccc(F)cc1)C1CCCN(S(=O)(=O)c2ccc(Br)cc2)C1. The van der Waals surface area contributed by atoms with Gasteiger partial charge in [-0.05, 0) is 61.2 Å². The van der Waals surface area contributed by atoms with Crippen LogP contribution in [0.5, 0.6) is 0 Å². The third-order valence-electron chi connectivity index (χ3n) is 4.83. The summed E-state index contributed by atoms with van der Waals surface area (Å²) in [5.74, 6) is -0.799. The van der Waals surface area contributed by atoms with Crippen molar-refractivity contribution >= 4 is 31.9 Å². The van der Waals surface area contributed by atoms with Gasteiger partial charge < -0.3 is 5.32 Å². The van der Waals surface area contributed by atoms with Crippen LogP contribution in [0.25, 0.3) is 0 Å². The third kappa shape index (κ3) is 5.18. The van der Waals surface area contributed by atoms with Gasteiger partial charge in [0, 0.05) is 24.1 Å². The minimum Gasteiger partial charge on any atom is -0.355 e. The Hall–Kier alpha value is -1.77. The summed E-state index contributed by atoms with van der Waals surface area (Å²) < 4.78 is 40.8. The summed E-state index contributed by atoms with van der Waals surface area (Å²) >= 11 is 3.30. The van der Waals surface area contributed by atoms with Crippen molar-refractivity contribution in [3.8, 4) is 0 Å². The summed E-state index contributed by atoms with van der Waals surface area (Å²) in [7, 11) is -3.62. The van der Waals surface area contributed by atoms with Gasteiger partial charge in [-0.15, -0.1) is 0 Å². The highest BCUT2D eigenvalue weighted by Crippen LogP contribution is 2.25. The lowest BCUT2D eigenvalue weighted by Gasteiger charge is -2.31. The average molecular weight is 469 g/mol. The zero-order valence-corrected chi connectivity index (χ0v) is 17.7. The minimum absolute atomic E-state index is 0.141. The van der Waals surface area contributed by atoms with Crippen molar-refractivity contribution in [2.24, 2.45) is 5.92 Å². The highest BCUT2D eigenvalue weighted by Gasteiger charge is 2.33. The van der Waals surface area contributed by atoms with Crippen LogP contribution in [0.3, 0.4) is 0 Å². The Kier molecular flexibility index (Phi) is 6.85. The number of amides is 1. The lowest BCUT2D eigenvalue weighted by Crippen LogP contribution is -2.45. The van der Waals surface area contributed by atoms with Gasteiger partial charge in [-0.2, -0.15) is 4.31 Å². The number of rotatable bonds is 6. The number of piperidine rings is 1. The molecule has 0 bridgehead atoms. The van der Waals surface area contributed by atoms with Gasteiger partial charge in [0.25, 0.3) is 0 Å². The number of carbonyl (C=O) groups is 1. The summed E-state index contributed by atoms with van der Waals surface area (Å²) in [6.45, 7) is 1.03. The van der Waals surface area contributed by atoms with E-state index in [9.17, 15) is 17.6 Å². The molecule has 1 atom stereocenters. The smallest absolute Gasteiger partial charge is 0.243 e. The van der Waals surface area contributed by atoms with E-state index in [4.69, 9.17) is 0 Å². The molecule has 3 rings (SSSR count). The van der Waals surface area contributed by atoms with Gasteiger partial charge in [0.05, 0.1) is 10.8 Å². The molecule has 0 radical (unpaired) electrons. The van der Waals surface area contributed by atoms with E-state index in [0.29, 0.717) is 32.4 Å². The normalized spacial score (nSPS) is 18.0. The molecule has 1 unspecified atom stereocenters. The molecule has 1 aliphatic rings. The van der Waals surface area contributed by atoms with Crippen LogP contribution in [0.15, 0.2) is 57.9 Å². The summed E-state index contributed by atoms with van der Waals surface area (Å²) in [6.07, 6.45) is 1.90. The molecule has 150 valence electrons. The van der Waals surface area contributed by atoms with E-state index in [1.807, 2.05) is 0 Å². The van der Waals surface area contributed by atoms with Crippen LogP contribution in [0.4, 0.5) is 4.39 Å². The number of hydrogen-bond acceptors (Lipinski definition) is 3. The van der Waals surface area contributed by atoms with Crippen molar-refractivity contribution < 1.29 is 17.6 Å². The number of carbonyl (C=O) groups excluding carboxylic acids is 1. The highest BCUT2D eigenvalue weighted by molar-refractivity contribution is 9.10. The van der Waals surface area contributed by atoms with Crippen molar-refractivity contribution in [1.29, 1.82) is 0 Å². The molecule has 1 fully saturated rings. The molecular formula is C20H22BrFN2O3S. The van der Waals surface area contributed by atoms with Crippen molar-refractivity contribution in [2.75, 3.05) is 19.6 Å². The maximum absolute atomic E-state index is 12.9. The number of nitrogens with zero attached hydrogens (tertiary/aromatic N) is 1. The zero-order valence-electron chi connectivity index (χ0n) is 15.3. The molecule has 2 aromatic rings. The van der Waals surface area contributed by atoms with E-state index in [2.05, 4.69) is 21.2 Å². The predicted octanol–water partition coefficient (Wildman–Crippen LogP) is 3.35. The molecule has 1 N–H and O–H groups in total. The minimum atomic E-state index is -3.62. The molecule has 0 aromatic heterocycles. The Bertz CT molecular complexity index is 917. The molecular weight excluding hydrogens is 447 g/mol. The van der Waals surface area contributed by atoms with Gasteiger partial charge in [0.1, 0.15) is 5.82 Å². The molecule has 8 heteroatoms. The van der Waals surface area contributed by atoms with E-state index in [-0.39, 0.29) is 29.1 Å². The lowest BCUT2D eigenvalue weighted by molar-refractivity contribution is -0.126. The number of halogens is 2. The van der Waals surface area contributed by atoms with Crippen molar-refractivity contribution in [3.63, 3.8) is 0 Å². The first kappa shape index (κ1) is 21.0. The molecule has 0 spiro atoms. The van der Waals surface area contributed by atoms with E-state index in [1.165, 1.54) is 16.4 Å². The van der Waals surface area contributed by atoms with E-state index in [0.717, 1.165) is 10.0 Å². The van der Waals surface area contributed by atoms with Gasteiger partial charge in [0.2, 0.25) is 15.9 Å².